The Morgan fingerprint density at radius 1 is 0.457 bits per heavy atom. The summed E-state index contributed by atoms with van der Waals surface area (Å²) in [5.41, 5.74) is 1.50. The highest BCUT2D eigenvalue weighted by atomic mass is 15.1. The van der Waals surface area contributed by atoms with Crippen LogP contribution in [0.15, 0.2) is 151 Å². The number of fused-ring (bicyclic) bond motifs is 1. The lowest BCUT2D eigenvalue weighted by Gasteiger charge is -2.26. The van der Waals surface area contributed by atoms with E-state index < -0.39 is 12.1 Å². The Bertz CT molecular complexity index is 1980. The molecule has 0 heterocycles. The Hall–Kier alpha value is -4.62. The van der Waals surface area contributed by atoms with Crippen molar-refractivity contribution in [2.45, 2.75) is 0 Å². The summed E-state index contributed by atoms with van der Waals surface area (Å²) in [6.45, 7) is 0. The number of rotatable bonds is 5. The van der Waals surface area contributed by atoms with Gasteiger partial charge < -0.3 is 4.90 Å². The molecule has 0 aliphatic heterocycles. The van der Waals surface area contributed by atoms with Crippen LogP contribution in [0.4, 0.5) is 17.1 Å². The third-order valence-electron chi connectivity index (χ3n) is 5.81. The van der Waals surface area contributed by atoms with Crippen LogP contribution in [-0.2, 0) is 0 Å². The van der Waals surface area contributed by atoms with Gasteiger partial charge >= 0.3 is 0 Å². The Balaban J connectivity index is 1.71. The molecule has 0 fully saturated rings. The second kappa shape index (κ2) is 9.32. The molecule has 0 radical (unpaired) electrons. The van der Waals surface area contributed by atoms with Crippen molar-refractivity contribution in [2.75, 3.05) is 4.90 Å². The van der Waals surface area contributed by atoms with Crippen LogP contribution in [-0.4, -0.2) is 0 Å². The summed E-state index contributed by atoms with van der Waals surface area (Å²) in [6.07, 6.45) is 0. The molecule has 0 N–H and O–H groups in total. The third-order valence-corrected chi connectivity index (χ3v) is 5.81. The minimum Gasteiger partial charge on any atom is -0.310 e. The van der Waals surface area contributed by atoms with Crippen molar-refractivity contribution >= 4 is 27.8 Å². The molecule has 0 saturated carbocycles. The minimum atomic E-state index is -0.424. The molecule has 1 nitrogen and oxygen atoms in total. The Kier molecular flexibility index (Phi) is 3.71. The van der Waals surface area contributed by atoms with E-state index in [-0.39, 0.29) is 58.8 Å². The monoisotopic (exact) mass is 455 g/mol. The molecule has 0 saturated heterocycles. The second-order valence-corrected chi connectivity index (χ2v) is 8.01. The van der Waals surface area contributed by atoms with E-state index in [2.05, 4.69) is 0 Å². The third kappa shape index (κ3) is 4.20. The van der Waals surface area contributed by atoms with Gasteiger partial charge in [0.15, 0.2) is 0 Å². The quantitative estimate of drug-likeness (QED) is 0.250. The highest BCUT2D eigenvalue weighted by Gasteiger charge is 2.14. The van der Waals surface area contributed by atoms with E-state index in [9.17, 15) is 1.37 Å². The summed E-state index contributed by atoms with van der Waals surface area (Å²) in [5, 5.41) is 1.66. The van der Waals surface area contributed by atoms with E-state index in [0.29, 0.717) is 16.8 Å². The fraction of sp³-hybridized carbons (Fsp3) is 0. The van der Waals surface area contributed by atoms with Crippen molar-refractivity contribution in [2.24, 2.45) is 0 Å². The lowest BCUT2D eigenvalue weighted by molar-refractivity contribution is 1.28. The molecule has 0 aliphatic rings. The highest BCUT2D eigenvalue weighted by Crippen LogP contribution is 2.38. The van der Waals surface area contributed by atoms with Crippen molar-refractivity contribution < 1.29 is 11.0 Å². The molecule has 6 aromatic carbocycles. The van der Waals surface area contributed by atoms with Crippen LogP contribution < -0.4 is 4.90 Å². The molecule has 35 heavy (non-hydrogen) atoms. The van der Waals surface area contributed by atoms with Gasteiger partial charge in [-0.2, -0.15) is 0 Å². The molecule has 6 rings (SSSR count). The van der Waals surface area contributed by atoms with Crippen LogP contribution in [0.3, 0.4) is 0 Å². The Labute approximate surface area is 217 Å². The van der Waals surface area contributed by atoms with Gasteiger partial charge in [-0.3, -0.25) is 0 Å². The molecule has 0 bridgehead atoms. The molecular formula is C34H25N. The van der Waals surface area contributed by atoms with Gasteiger partial charge in [0.1, 0.15) is 0 Å². The average molecular weight is 456 g/mol. The van der Waals surface area contributed by atoms with Gasteiger partial charge in [-0.05, 0) is 69.3 Å². The van der Waals surface area contributed by atoms with Gasteiger partial charge in [0, 0.05) is 17.1 Å². The Morgan fingerprint density at radius 2 is 1.14 bits per heavy atom. The predicted molar refractivity (Wildman–Crippen MR) is 150 cm³/mol. The standard InChI is InChI=1S/C34H25N/c1-3-11-26(12-4-1)27-21-23-31(24-22-27)35(30-16-5-2-6-17-30)32-18-9-15-29(25-32)34-20-10-14-28-13-7-8-19-33(28)34/h1-25H/i9D,15D,18D,21D,22D,23D,24D,25D. The number of hydrogen-bond acceptors (Lipinski definition) is 1. The van der Waals surface area contributed by atoms with Crippen LogP contribution in [0.2, 0.25) is 0 Å². The zero-order valence-electron chi connectivity index (χ0n) is 26.8. The van der Waals surface area contributed by atoms with E-state index in [1.165, 1.54) is 4.90 Å². The maximum absolute atomic E-state index is 9.41. The smallest absolute Gasteiger partial charge is 0.0651 e. The summed E-state index contributed by atoms with van der Waals surface area (Å²) in [4.78, 5) is 1.35. The lowest BCUT2D eigenvalue weighted by atomic mass is 9.97. The molecule has 166 valence electrons. The van der Waals surface area contributed by atoms with Crippen molar-refractivity contribution in [3.8, 4) is 22.3 Å². The van der Waals surface area contributed by atoms with Crippen molar-refractivity contribution in [3.05, 3.63) is 151 Å². The Morgan fingerprint density at radius 3 is 1.94 bits per heavy atom. The first-order valence-corrected chi connectivity index (χ1v) is 11.3. The molecule has 0 aliphatic carbocycles. The highest BCUT2D eigenvalue weighted by molar-refractivity contribution is 5.97. The molecule has 1 heteroatoms. The summed E-state index contributed by atoms with van der Waals surface area (Å²) >= 11 is 0. The summed E-state index contributed by atoms with van der Waals surface area (Å²) < 4.78 is 72.0. The number of nitrogens with zero attached hydrogens (tertiary/aromatic N) is 1. The number of hydrogen-bond donors (Lipinski definition) is 0. The van der Waals surface area contributed by atoms with Gasteiger partial charge in [0.05, 0.1) is 11.0 Å². The number of anilines is 3. The first-order valence-electron chi connectivity index (χ1n) is 15.3. The summed E-state index contributed by atoms with van der Waals surface area (Å²) in [7, 11) is 0. The van der Waals surface area contributed by atoms with Crippen LogP contribution in [0, 0.1) is 0 Å². The molecule has 0 aromatic heterocycles. The first-order chi connectivity index (χ1) is 20.7. The molecule has 0 spiro atoms. The zero-order valence-corrected chi connectivity index (χ0v) is 18.8. The molecule has 0 unspecified atom stereocenters. The SMILES string of the molecule is [2H]c1c([2H])c(-c2cccc3ccccc23)c([2H])c(N(c2ccccc2)c2c([2H])c([2H])c(-c3ccccc3)c([2H])c2[2H])c1[2H]. The fourth-order valence-corrected chi connectivity index (χ4v) is 4.14. The molecular weight excluding hydrogens is 422 g/mol. The minimum absolute atomic E-state index is 0.108. The van der Waals surface area contributed by atoms with Crippen LogP contribution >= 0.6 is 0 Å². The van der Waals surface area contributed by atoms with Gasteiger partial charge in [0.2, 0.25) is 0 Å². The molecule has 6 aromatic rings. The zero-order chi connectivity index (χ0) is 30.4. The predicted octanol–water partition coefficient (Wildman–Crippen LogP) is 9.64. The topological polar surface area (TPSA) is 3.24 Å². The molecule has 0 amide bonds. The van der Waals surface area contributed by atoms with Gasteiger partial charge in [-0.15, -0.1) is 0 Å². The van der Waals surface area contributed by atoms with E-state index in [1.807, 2.05) is 36.4 Å². The molecule has 0 atom stereocenters. The normalized spacial score (nSPS) is 14.1. The van der Waals surface area contributed by atoms with E-state index >= 15 is 0 Å². The first kappa shape index (κ1) is 13.9. The van der Waals surface area contributed by atoms with Gasteiger partial charge in [-0.25, -0.2) is 0 Å². The van der Waals surface area contributed by atoms with E-state index in [4.69, 9.17) is 9.60 Å². The largest absolute Gasteiger partial charge is 0.310 e. The summed E-state index contributed by atoms with van der Waals surface area (Å²) in [6, 6.07) is 27.9. The lowest BCUT2D eigenvalue weighted by Crippen LogP contribution is -2.09. The van der Waals surface area contributed by atoms with Crippen LogP contribution in [0.25, 0.3) is 33.0 Å². The van der Waals surface area contributed by atoms with E-state index in [0.717, 1.165) is 10.8 Å². The van der Waals surface area contributed by atoms with Gasteiger partial charge in [-0.1, -0.05) is 115 Å². The maximum atomic E-state index is 9.41. The van der Waals surface area contributed by atoms with E-state index in [1.54, 1.807) is 66.7 Å². The van der Waals surface area contributed by atoms with Crippen LogP contribution in [0.5, 0.6) is 0 Å². The van der Waals surface area contributed by atoms with Crippen LogP contribution in [0.1, 0.15) is 11.0 Å². The van der Waals surface area contributed by atoms with Crippen molar-refractivity contribution in [1.82, 2.24) is 0 Å². The number of benzene rings is 6. The van der Waals surface area contributed by atoms with Gasteiger partial charge in [0.25, 0.3) is 0 Å². The fourth-order valence-electron chi connectivity index (χ4n) is 4.14. The second-order valence-electron chi connectivity index (χ2n) is 8.01. The number of para-hydroxylation sites is 1. The maximum Gasteiger partial charge on any atom is 0.0651 e. The van der Waals surface area contributed by atoms with Crippen molar-refractivity contribution in [1.29, 1.82) is 0 Å². The summed E-state index contributed by atoms with van der Waals surface area (Å²) in [5.74, 6) is 0. The average Bonchev–Trinajstić information content (AvgIpc) is 3.03. The van der Waals surface area contributed by atoms with Crippen molar-refractivity contribution in [3.63, 3.8) is 0 Å².